The molecular weight excluding hydrogens is 192 g/mol. The first-order chi connectivity index (χ1) is 7.19. The number of amides is 1. The summed E-state index contributed by atoms with van der Waals surface area (Å²) in [4.78, 5) is 13.4. The maximum atomic E-state index is 11.9. The van der Waals surface area contributed by atoms with Gasteiger partial charge in [0, 0.05) is 24.3 Å². The average molecular weight is 208 g/mol. The van der Waals surface area contributed by atoms with Crippen molar-refractivity contribution in [2.75, 3.05) is 25.4 Å². The molecule has 1 rings (SSSR count). The average Bonchev–Trinajstić information content (AvgIpc) is 2.26. The van der Waals surface area contributed by atoms with Crippen LogP contribution in [0.15, 0.2) is 24.3 Å². The van der Waals surface area contributed by atoms with Gasteiger partial charge >= 0.3 is 0 Å². The molecule has 1 amide bonds. The highest BCUT2D eigenvalue weighted by Gasteiger charge is 2.12. The third kappa shape index (κ3) is 2.95. The van der Waals surface area contributed by atoms with E-state index in [1.165, 1.54) is 0 Å². The molecular formula is C11H16N2O2. The van der Waals surface area contributed by atoms with Crippen molar-refractivity contribution < 1.29 is 9.90 Å². The Morgan fingerprint density at radius 3 is 2.47 bits per heavy atom. The molecule has 0 unspecified atom stereocenters. The maximum absolute atomic E-state index is 11.9. The summed E-state index contributed by atoms with van der Waals surface area (Å²) in [5.74, 6) is -0.0773. The third-order valence-corrected chi connectivity index (χ3v) is 2.20. The Labute approximate surface area is 89.3 Å². The minimum atomic E-state index is -0.0773. The van der Waals surface area contributed by atoms with Crippen LogP contribution in [0.2, 0.25) is 0 Å². The number of nitrogens with two attached hydrogens (primary N) is 1. The van der Waals surface area contributed by atoms with Gasteiger partial charge in [-0.15, -0.1) is 0 Å². The van der Waals surface area contributed by atoms with E-state index < -0.39 is 0 Å². The lowest BCUT2D eigenvalue weighted by molar-refractivity contribution is 0.0732. The first kappa shape index (κ1) is 11.5. The van der Waals surface area contributed by atoms with E-state index in [0.29, 0.717) is 24.3 Å². The topological polar surface area (TPSA) is 66.6 Å². The molecule has 0 spiro atoms. The Balaban J connectivity index is 2.78. The normalized spacial score (nSPS) is 10.0. The summed E-state index contributed by atoms with van der Waals surface area (Å²) in [5.41, 5.74) is 6.76. The van der Waals surface area contributed by atoms with Crippen LogP contribution in [0.5, 0.6) is 0 Å². The quantitative estimate of drug-likeness (QED) is 0.717. The third-order valence-electron chi connectivity index (χ3n) is 2.20. The van der Waals surface area contributed by atoms with Crippen LogP contribution in [0.25, 0.3) is 0 Å². The molecule has 3 N–H and O–H groups in total. The number of aliphatic hydroxyl groups excluding tert-OH is 1. The number of hydrogen-bond donors (Lipinski definition) is 2. The van der Waals surface area contributed by atoms with Gasteiger partial charge in [-0.3, -0.25) is 4.79 Å². The van der Waals surface area contributed by atoms with Crippen LogP contribution in [0.4, 0.5) is 5.69 Å². The number of benzene rings is 1. The molecule has 0 heterocycles. The lowest BCUT2D eigenvalue weighted by Crippen LogP contribution is -2.33. The maximum Gasteiger partial charge on any atom is 0.253 e. The number of carbonyl (C=O) groups is 1. The van der Waals surface area contributed by atoms with Gasteiger partial charge in [-0.05, 0) is 31.2 Å². The molecule has 0 saturated carbocycles. The molecule has 82 valence electrons. The summed E-state index contributed by atoms with van der Waals surface area (Å²) in [6.45, 7) is 2.81. The number of aliphatic hydroxyl groups is 1. The zero-order chi connectivity index (χ0) is 11.3. The van der Waals surface area contributed by atoms with Gasteiger partial charge < -0.3 is 15.7 Å². The van der Waals surface area contributed by atoms with Gasteiger partial charge in [0.05, 0.1) is 6.61 Å². The van der Waals surface area contributed by atoms with Crippen LogP contribution in [-0.4, -0.2) is 35.6 Å². The summed E-state index contributed by atoms with van der Waals surface area (Å²) in [6.07, 6.45) is 0. The number of nitrogen functional groups attached to an aromatic ring is 1. The summed E-state index contributed by atoms with van der Waals surface area (Å²) in [7, 11) is 0. The van der Waals surface area contributed by atoms with E-state index in [9.17, 15) is 4.79 Å². The predicted octanol–water partition coefficient (Wildman–Crippen LogP) is 0.723. The van der Waals surface area contributed by atoms with Crippen LogP contribution >= 0.6 is 0 Å². The Morgan fingerprint density at radius 1 is 1.40 bits per heavy atom. The van der Waals surface area contributed by atoms with Gasteiger partial charge in [-0.25, -0.2) is 0 Å². The highest BCUT2D eigenvalue weighted by Crippen LogP contribution is 2.08. The molecule has 0 bridgehead atoms. The summed E-state index contributed by atoms with van der Waals surface area (Å²) in [6, 6.07) is 6.77. The van der Waals surface area contributed by atoms with Gasteiger partial charge in [-0.1, -0.05) is 0 Å². The fraction of sp³-hybridized carbons (Fsp3) is 0.364. The van der Waals surface area contributed by atoms with Crippen molar-refractivity contribution >= 4 is 11.6 Å². The second kappa shape index (κ2) is 5.36. The lowest BCUT2D eigenvalue weighted by Gasteiger charge is -2.19. The number of rotatable bonds is 4. The number of nitrogens with zero attached hydrogens (tertiary/aromatic N) is 1. The van der Waals surface area contributed by atoms with E-state index in [1.54, 1.807) is 29.2 Å². The van der Waals surface area contributed by atoms with Crippen molar-refractivity contribution in [2.45, 2.75) is 6.92 Å². The largest absolute Gasteiger partial charge is 0.399 e. The van der Waals surface area contributed by atoms with Gasteiger partial charge in [0.15, 0.2) is 0 Å². The first-order valence-corrected chi connectivity index (χ1v) is 4.94. The molecule has 0 atom stereocenters. The lowest BCUT2D eigenvalue weighted by atomic mass is 10.2. The standard InChI is InChI=1S/C11H16N2O2/c1-2-13(7-8-14)11(15)9-3-5-10(12)6-4-9/h3-6,14H,2,7-8,12H2,1H3. The van der Waals surface area contributed by atoms with E-state index in [4.69, 9.17) is 10.8 Å². The van der Waals surface area contributed by atoms with Crippen LogP contribution in [-0.2, 0) is 0 Å². The van der Waals surface area contributed by atoms with E-state index >= 15 is 0 Å². The van der Waals surface area contributed by atoms with E-state index in [1.807, 2.05) is 6.92 Å². The van der Waals surface area contributed by atoms with Gasteiger partial charge in [0.1, 0.15) is 0 Å². The summed E-state index contributed by atoms with van der Waals surface area (Å²) in [5, 5.41) is 8.79. The highest BCUT2D eigenvalue weighted by atomic mass is 16.3. The molecule has 4 nitrogen and oxygen atoms in total. The molecule has 0 radical (unpaired) electrons. The minimum Gasteiger partial charge on any atom is -0.399 e. The fourth-order valence-electron chi connectivity index (χ4n) is 1.33. The molecule has 0 aromatic heterocycles. The summed E-state index contributed by atoms with van der Waals surface area (Å²) >= 11 is 0. The number of anilines is 1. The number of hydrogen-bond acceptors (Lipinski definition) is 3. The monoisotopic (exact) mass is 208 g/mol. The second-order valence-corrected chi connectivity index (χ2v) is 3.23. The van der Waals surface area contributed by atoms with Gasteiger partial charge in [-0.2, -0.15) is 0 Å². The molecule has 4 heteroatoms. The molecule has 0 aliphatic rings. The predicted molar refractivity (Wildman–Crippen MR) is 59.5 cm³/mol. The molecule has 0 saturated heterocycles. The Morgan fingerprint density at radius 2 is 2.00 bits per heavy atom. The van der Waals surface area contributed by atoms with Crippen molar-refractivity contribution in [3.8, 4) is 0 Å². The smallest absolute Gasteiger partial charge is 0.253 e. The zero-order valence-electron chi connectivity index (χ0n) is 8.81. The summed E-state index contributed by atoms with van der Waals surface area (Å²) < 4.78 is 0. The van der Waals surface area contributed by atoms with Crippen LogP contribution in [0.1, 0.15) is 17.3 Å². The Hall–Kier alpha value is -1.55. The van der Waals surface area contributed by atoms with Gasteiger partial charge in [0.25, 0.3) is 5.91 Å². The molecule has 0 aliphatic heterocycles. The number of likely N-dealkylation sites (N-methyl/N-ethyl adjacent to an activating group) is 1. The van der Waals surface area contributed by atoms with Gasteiger partial charge in [0.2, 0.25) is 0 Å². The highest BCUT2D eigenvalue weighted by molar-refractivity contribution is 5.94. The Bertz CT molecular complexity index is 322. The molecule has 1 aromatic carbocycles. The van der Waals surface area contributed by atoms with E-state index in [2.05, 4.69) is 0 Å². The Kier molecular flexibility index (Phi) is 4.12. The second-order valence-electron chi connectivity index (χ2n) is 3.23. The zero-order valence-corrected chi connectivity index (χ0v) is 8.81. The molecule has 0 aliphatic carbocycles. The van der Waals surface area contributed by atoms with E-state index in [-0.39, 0.29) is 12.5 Å². The fourth-order valence-corrected chi connectivity index (χ4v) is 1.33. The van der Waals surface area contributed by atoms with Crippen molar-refractivity contribution in [3.63, 3.8) is 0 Å². The van der Waals surface area contributed by atoms with Crippen LogP contribution in [0, 0.1) is 0 Å². The SMILES string of the molecule is CCN(CCO)C(=O)c1ccc(N)cc1. The number of carbonyl (C=O) groups excluding carboxylic acids is 1. The van der Waals surface area contributed by atoms with Crippen molar-refractivity contribution in [1.82, 2.24) is 4.90 Å². The van der Waals surface area contributed by atoms with Crippen LogP contribution < -0.4 is 5.73 Å². The van der Waals surface area contributed by atoms with Crippen molar-refractivity contribution in [1.29, 1.82) is 0 Å². The first-order valence-electron chi connectivity index (χ1n) is 4.94. The molecule has 15 heavy (non-hydrogen) atoms. The van der Waals surface area contributed by atoms with E-state index in [0.717, 1.165) is 0 Å². The molecule has 0 fully saturated rings. The van der Waals surface area contributed by atoms with Crippen LogP contribution in [0.3, 0.4) is 0 Å². The minimum absolute atomic E-state index is 0.0193. The van der Waals surface area contributed by atoms with Crippen molar-refractivity contribution in [2.24, 2.45) is 0 Å². The van der Waals surface area contributed by atoms with Crippen molar-refractivity contribution in [3.05, 3.63) is 29.8 Å². The molecule has 1 aromatic rings.